The van der Waals surface area contributed by atoms with E-state index in [1.807, 2.05) is 0 Å². The topological polar surface area (TPSA) is 67.2 Å². The molecule has 0 aliphatic heterocycles. The second-order valence-electron chi connectivity index (χ2n) is 7.28. The molecule has 1 aliphatic carbocycles. The summed E-state index contributed by atoms with van der Waals surface area (Å²) in [6.45, 7) is -0.140. The summed E-state index contributed by atoms with van der Waals surface area (Å²) >= 11 is 1.40. The van der Waals surface area contributed by atoms with Gasteiger partial charge in [-0.3, -0.25) is 4.79 Å². The molecule has 2 N–H and O–H groups in total. The third kappa shape index (κ3) is 3.23. The molecule has 8 heteroatoms. The van der Waals surface area contributed by atoms with Crippen molar-refractivity contribution in [2.45, 2.75) is 31.8 Å². The van der Waals surface area contributed by atoms with Gasteiger partial charge in [-0.1, -0.05) is 11.3 Å². The quantitative estimate of drug-likeness (QED) is 0.514. The van der Waals surface area contributed by atoms with Crippen LogP contribution in [0, 0.1) is 11.6 Å². The van der Waals surface area contributed by atoms with Crippen molar-refractivity contribution >= 4 is 43.6 Å². The predicted molar refractivity (Wildman–Crippen MR) is 109 cm³/mol. The largest absolute Gasteiger partial charge is 0.480 e. The van der Waals surface area contributed by atoms with Crippen LogP contribution < -0.4 is 5.32 Å². The van der Waals surface area contributed by atoms with Crippen molar-refractivity contribution in [3.63, 3.8) is 0 Å². The third-order valence-electron chi connectivity index (χ3n) is 5.40. The Morgan fingerprint density at radius 3 is 2.86 bits per heavy atom. The number of nitrogens with one attached hydrogen (secondary N) is 1. The van der Waals surface area contributed by atoms with Crippen LogP contribution in [-0.4, -0.2) is 26.7 Å². The van der Waals surface area contributed by atoms with Crippen LogP contribution in [0.2, 0.25) is 0 Å². The van der Waals surface area contributed by atoms with E-state index in [1.165, 1.54) is 35.6 Å². The maximum atomic E-state index is 13.9. The summed E-state index contributed by atoms with van der Waals surface area (Å²) in [4.78, 5) is 15.9. The minimum Gasteiger partial charge on any atom is -0.480 e. The molecule has 2 aromatic heterocycles. The lowest BCUT2D eigenvalue weighted by molar-refractivity contribution is -0.137. The zero-order chi connectivity index (χ0) is 20.1. The van der Waals surface area contributed by atoms with E-state index in [2.05, 4.69) is 10.3 Å². The van der Waals surface area contributed by atoms with Gasteiger partial charge in [0.2, 0.25) is 0 Å². The maximum Gasteiger partial charge on any atom is 0.323 e. The zero-order valence-corrected chi connectivity index (χ0v) is 16.1. The van der Waals surface area contributed by atoms with Gasteiger partial charge >= 0.3 is 5.97 Å². The number of hydrogen-bond donors (Lipinski definition) is 2. The first-order valence-corrected chi connectivity index (χ1v) is 10.1. The number of aliphatic carboxylic acids is 1. The van der Waals surface area contributed by atoms with Crippen LogP contribution in [0.5, 0.6) is 0 Å². The molecule has 29 heavy (non-hydrogen) atoms. The monoisotopic (exact) mass is 413 g/mol. The Bertz CT molecular complexity index is 1260. The number of carbonyl (C=O) groups is 1. The standard InChI is InChI=1S/C21H17F2N3O2S/c22-11-2-5-17-14(7-11)15-9-13(3-6-18(15)26(17)10-20(27)28)24-21-25-16-4-1-12(23)8-19(16)29-21/h1-2,4-5,7-8,13H,3,6,9-10H2,(H,24,25)(H,27,28). The number of hydrogen-bond acceptors (Lipinski definition) is 4. The van der Waals surface area contributed by atoms with Gasteiger partial charge in [0, 0.05) is 22.6 Å². The molecular weight excluding hydrogens is 396 g/mol. The lowest BCUT2D eigenvalue weighted by atomic mass is 9.91. The Morgan fingerprint density at radius 1 is 1.24 bits per heavy atom. The molecule has 0 bridgehead atoms. The molecule has 0 saturated heterocycles. The van der Waals surface area contributed by atoms with E-state index in [0.29, 0.717) is 12.8 Å². The molecule has 1 aliphatic rings. The van der Waals surface area contributed by atoms with E-state index in [0.717, 1.165) is 43.9 Å². The van der Waals surface area contributed by atoms with Crippen molar-refractivity contribution in [3.8, 4) is 0 Å². The fourth-order valence-corrected chi connectivity index (χ4v) is 5.16. The lowest BCUT2D eigenvalue weighted by Gasteiger charge is -2.24. The summed E-state index contributed by atoms with van der Waals surface area (Å²) in [5.74, 6) is -1.55. The lowest BCUT2D eigenvalue weighted by Crippen LogP contribution is -2.28. The van der Waals surface area contributed by atoms with Gasteiger partial charge in [-0.15, -0.1) is 0 Å². The van der Waals surface area contributed by atoms with Crippen molar-refractivity contribution in [2.24, 2.45) is 0 Å². The number of thiazole rings is 1. The molecule has 1 unspecified atom stereocenters. The molecule has 5 nitrogen and oxygen atoms in total. The van der Waals surface area contributed by atoms with Gasteiger partial charge in [0.25, 0.3) is 0 Å². The molecule has 148 valence electrons. The second kappa shape index (κ2) is 6.81. The van der Waals surface area contributed by atoms with E-state index in [9.17, 15) is 18.7 Å². The summed E-state index contributed by atoms with van der Waals surface area (Å²) in [5.41, 5.74) is 3.43. The first kappa shape index (κ1) is 18.1. The van der Waals surface area contributed by atoms with E-state index in [-0.39, 0.29) is 24.2 Å². The predicted octanol–water partition coefficient (Wildman–Crippen LogP) is 4.58. The van der Waals surface area contributed by atoms with Crippen LogP contribution in [0.4, 0.5) is 13.9 Å². The number of carboxylic acid groups (broad SMARTS) is 1. The molecule has 2 aromatic carbocycles. The zero-order valence-electron chi connectivity index (χ0n) is 15.3. The molecule has 0 fully saturated rings. The minimum atomic E-state index is -0.920. The van der Waals surface area contributed by atoms with Crippen molar-refractivity contribution in [1.29, 1.82) is 0 Å². The maximum absolute atomic E-state index is 13.9. The second-order valence-corrected chi connectivity index (χ2v) is 8.31. The van der Waals surface area contributed by atoms with Crippen molar-refractivity contribution in [1.82, 2.24) is 9.55 Å². The molecular formula is C21H17F2N3O2S. The van der Waals surface area contributed by atoms with E-state index < -0.39 is 5.97 Å². The fourth-order valence-electron chi connectivity index (χ4n) is 4.20. The van der Waals surface area contributed by atoms with Gasteiger partial charge in [0.1, 0.15) is 18.2 Å². The van der Waals surface area contributed by atoms with Crippen LogP contribution in [0.15, 0.2) is 36.4 Å². The van der Waals surface area contributed by atoms with Crippen LogP contribution >= 0.6 is 11.3 Å². The SMILES string of the molecule is O=C(O)Cn1c2c(c3cc(F)ccc31)CC(Nc1nc3ccc(F)cc3s1)CC2. The van der Waals surface area contributed by atoms with E-state index >= 15 is 0 Å². The molecule has 2 heterocycles. The summed E-state index contributed by atoms with van der Waals surface area (Å²) in [7, 11) is 0. The smallest absolute Gasteiger partial charge is 0.323 e. The summed E-state index contributed by atoms with van der Waals surface area (Å²) in [6, 6.07) is 9.10. The summed E-state index contributed by atoms with van der Waals surface area (Å²) in [5, 5.41) is 14.2. The summed E-state index contributed by atoms with van der Waals surface area (Å²) in [6.07, 6.45) is 2.14. The highest BCUT2D eigenvalue weighted by Gasteiger charge is 2.27. The van der Waals surface area contributed by atoms with Crippen LogP contribution in [0.25, 0.3) is 21.1 Å². The average molecular weight is 413 g/mol. The minimum absolute atomic E-state index is 0.0834. The molecule has 0 radical (unpaired) electrons. The van der Waals surface area contributed by atoms with Crippen LogP contribution in [0.3, 0.4) is 0 Å². The highest BCUT2D eigenvalue weighted by molar-refractivity contribution is 7.22. The highest BCUT2D eigenvalue weighted by Crippen LogP contribution is 2.35. The molecule has 0 amide bonds. The van der Waals surface area contributed by atoms with Gasteiger partial charge < -0.3 is 15.0 Å². The fraction of sp³-hybridized carbons (Fsp3) is 0.238. The Morgan fingerprint density at radius 2 is 2.03 bits per heavy atom. The van der Waals surface area contributed by atoms with Gasteiger partial charge in [-0.2, -0.15) is 0 Å². The van der Waals surface area contributed by atoms with Gasteiger partial charge in [0.15, 0.2) is 5.13 Å². The first-order valence-electron chi connectivity index (χ1n) is 9.32. The Labute approximate surface area is 168 Å². The number of fused-ring (bicyclic) bond motifs is 4. The van der Waals surface area contributed by atoms with E-state index in [1.54, 1.807) is 16.7 Å². The van der Waals surface area contributed by atoms with Crippen molar-refractivity contribution < 1.29 is 18.7 Å². The Kier molecular flexibility index (Phi) is 4.24. The summed E-state index contributed by atoms with van der Waals surface area (Å²) < 4.78 is 29.9. The van der Waals surface area contributed by atoms with Gasteiger partial charge in [0.05, 0.1) is 10.2 Å². The number of rotatable bonds is 4. The number of anilines is 1. The average Bonchev–Trinajstić information content (AvgIpc) is 3.19. The normalized spacial score (nSPS) is 16.3. The van der Waals surface area contributed by atoms with Gasteiger partial charge in [-0.25, -0.2) is 13.8 Å². The first-order chi connectivity index (χ1) is 14.0. The van der Waals surface area contributed by atoms with Crippen molar-refractivity contribution in [3.05, 3.63) is 59.3 Å². The molecule has 4 aromatic rings. The number of aromatic nitrogens is 2. The Hall–Kier alpha value is -3.00. The Balaban J connectivity index is 1.48. The molecule has 1 atom stereocenters. The number of benzene rings is 2. The van der Waals surface area contributed by atoms with Gasteiger partial charge in [-0.05, 0) is 61.2 Å². The van der Waals surface area contributed by atoms with Crippen molar-refractivity contribution in [2.75, 3.05) is 5.32 Å². The number of nitrogens with zero attached hydrogens (tertiary/aromatic N) is 2. The highest BCUT2D eigenvalue weighted by atomic mass is 32.1. The van der Waals surface area contributed by atoms with E-state index in [4.69, 9.17) is 0 Å². The van der Waals surface area contributed by atoms with Crippen LogP contribution in [-0.2, 0) is 24.2 Å². The molecule has 0 spiro atoms. The van der Waals surface area contributed by atoms with Crippen LogP contribution in [0.1, 0.15) is 17.7 Å². The number of halogens is 2. The number of carboxylic acids is 1. The molecule has 5 rings (SSSR count). The third-order valence-corrected chi connectivity index (χ3v) is 6.35. The molecule has 0 saturated carbocycles.